The summed E-state index contributed by atoms with van der Waals surface area (Å²) in [7, 11) is 0. The monoisotopic (exact) mass is 393 g/mol. The lowest BCUT2D eigenvalue weighted by Crippen LogP contribution is -2.21. The zero-order valence-corrected chi connectivity index (χ0v) is 15.7. The summed E-state index contributed by atoms with van der Waals surface area (Å²) in [6.45, 7) is 6.05. The number of hydrogen-bond acceptors (Lipinski definition) is 6. The van der Waals surface area contributed by atoms with E-state index < -0.39 is 11.7 Å². The molecule has 0 amide bonds. The number of aromatic amines is 1. The highest BCUT2D eigenvalue weighted by atomic mass is 19.4. The summed E-state index contributed by atoms with van der Waals surface area (Å²) in [5.41, 5.74) is 6.99. The molecule has 2 aromatic heterocycles. The highest BCUT2D eigenvalue weighted by Gasteiger charge is 2.34. The van der Waals surface area contributed by atoms with Crippen molar-refractivity contribution in [1.82, 2.24) is 30.9 Å². The first kappa shape index (κ1) is 20.0. The number of rotatable bonds is 1. The van der Waals surface area contributed by atoms with Crippen molar-refractivity contribution >= 4 is 16.9 Å². The van der Waals surface area contributed by atoms with Gasteiger partial charge >= 0.3 is 6.18 Å². The van der Waals surface area contributed by atoms with Crippen LogP contribution in [0.1, 0.15) is 36.0 Å². The minimum atomic E-state index is -4.51. The quantitative estimate of drug-likeness (QED) is 0.585. The van der Waals surface area contributed by atoms with E-state index in [0.29, 0.717) is 11.3 Å². The van der Waals surface area contributed by atoms with Crippen molar-refractivity contribution < 1.29 is 13.2 Å². The topological polar surface area (TPSA) is 105 Å². The van der Waals surface area contributed by atoms with Crippen LogP contribution in [-0.2, 0) is 6.18 Å². The van der Waals surface area contributed by atoms with Gasteiger partial charge in [0.1, 0.15) is 16.9 Å². The maximum Gasteiger partial charge on any atom is 0.418 e. The van der Waals surface area contributed by atoms with Gasteiger partial charge in [-0.3, -0.25) is 0 Å². The van der Waals surface area contributed by atoms with E-state index in [-0.39, 0.29) is 16.9 Å². The highest BCUT2D eigenvalue weighted by Crippen LogP contribution is 2.37. The molecule has 1 aliphatic rings. The Morgan fingerprint density at radius 1 is 0.929 bits per heavy atom. The SMILES string of the molecule is C1CCNCC1.Cc1c(N)nnc(-c2ccc(C(F)(F)F)c3n[nH]nc23)c1C. The Morgan fingerprint density at radius 2 is 1.61 bits per heavy atom. The van der Waals surface area contributed by atoms with Crippen LogP contribution < -0.4 is 11.1 Å². The van der Waals surface area contributed by atoms with Crippen LogP contribution in [0.4, 0.5) is 19.0 Å². The highest BCUT2D eigenvalue weighted by molar-refractivity contribution is 5.93. The third kappa shape index (κ3) is 4.06. The molecule has 0 saturated carbocycles. The van der Waals surface area contributed by atoms with Crippen molar-refractivity contribution in [2.45, 2.75) is 39.3 Å². The normalized spacial score (nSPS) is 14.6. The Hall–Kier alpha value is -2.75. The predicted molar refractivity (Wildman–Crippen MR) is 101 cm³/mol. The number of nitrogens with two attached hydrogens (primary N) is 1. The summed E-state index contributed by atoms with van der Waals surface area (Å²) in [6.07, 6.45) is -0.293. The minimum absolute atomic E-state index is 0.0939. The molecule has 1 aromatic carbocycles. The molecule has 3 heterocycles. The smallest absolute Gasteiger partial charge is 0.382 e. The molecule has 0 spiro atoms. The lowest BCUT2D eigenvalue weighted by atomic mass is 10.0. The second kappa shape index (κ2) is 8.09. The van der Waals surface area contributed by atoms with Gasteiger partial charge in [-0.05, 0) is 63.0 Å². The second-order valence-electron chi connectivity index (χ2n) is 6.67. The zero-order valence-electron chi connectivity index (χ0n) is 15.7. The van der Waals surface area contributed by atoms with Crippen LogP contribution >= 0.6 is 0 Å². The Labute approximate surface area is 159 Å². The molecule has 28 heavy (non-hydrogen) atoms. The van der Waals surface area contributed by atoms with Crippen molar-refractivity contribution in [1.29, 1.82) is 0 Å². The van der Waals surface area contributed by atoms with Crippen molar-refractivity contribution in [3.8, 4) is 11.3 Å². The van der Waals surface area contributed by atoms with E-state index in [2.05, 4.69) is 30.9 Å². The Bertz CT molecular complexity index is 950. The second-order valence-corrected chi connectivity index (χ2v) is 6.67. The number of nitrogen functional groups attached to an aromatic ring is 1. The lowest BCUT2D eigenvalue weighted by Gasteiger charge is -2.11. The first-order chi connectivity index (χ1) is 13.3. The van der Waals surface area contributed by atoms with E-state index in [1.165, 1.54) is 38.4 Å². The van der Waals surface area contributed by atoms with Crippen molar-refractivity contribution in [2.24, 2.45) is 0 Å². The number of nitrogens with zero attached hydrogens (tertiary/aromatic N) is 4. The van der Waals surface area contributed by atoms with Crippen molar-refractivity contribution in [3.05, 3.63) is 28.8 Å². The van der Waals surface area contributed by atoms with Gasteiger partial charge in [-0.25, -0.2) is 0 Å². The van der Waals surface area contributed by atoms with Gasteiger partial charge in [0.25, 0.3) is 0 Å². The maximum atomic E-state index is 13.0. The number of nitrogens with one attached hydrogen (secondary N) is 2. The van der Waals surface area contributed by atoms with Gasteiger partial charge in [0.15, 0.2) is 0 Å². The molecule has 4 rings (SSSR count). The van der Waals surface area contributed by atoms with E-state index in [4.69, 9.17) is 5.73 Å². The van der Waals surface area contributed by atoms with E-state index in [0.717, 1.165) is 17.2 Å². The van der Waals surface area contributed by atoms with Crippen LogP contribution in [0.15, 0.2) is 12.1 Å². The van der Waals surface area contributed by atoms with Crippen LogP contribution in [0.3, 0.4) is 0 Å². The molecule has 150 valence electrons. The van der Waals surface area contributed by atoms with Gasteiger partial charge in [0.05, 0.1) is 11.3 Å². The van der Waals surface area contributed by atoms with Gasteiger partial charge in [-0.2, -0.15) is 28.6 Å². The average molecular weight is 393 g/mol. The number of halogens is 3. The van der Waals surface area contributed by atoms with Crippen molar-refractivity contribution in [2.75, 3.05) is 18.8 Å². The van der Waals surface area contributed by atoms with E-state index in [1.807, 2.05) is 0 Å². The van der Waals surface area contributed by atoms with Crippen molar-refractivity contribution in [3.63, 3.8) is 0 Å². The molecule has 4 N–H and O–H groups in total. The summed E-state index contributed by atoms with van der Waals surface area (Å²) < 4.78 is 39.0. The molecule has 10 heteroatoms. The molecule has 0 unspecified atom stereocenters. The minimum Gasteiger partial charge on any atom is -0.382 e. The Kier molecular flexibility index (Phi) is 5.78. The number of hydrogen-bond donors (Lipinski definition) is 3. The predicted octanol–water partition coefficient (Wildman–Crippen LogP) is 3.39. The molecule has 1 saturated heterocycles. The molecule has 0 radical (unpaired) electrons. The van der Waals surface area contributed by atoms with Gasteiger partial charge in [-0.15, -0.1) is 10.2 Å². The summed E-state index contributed by atoms with van der Waals surface area (Å²) >= 11 is 0. The van der Waals surface area contributed by atoms with Crippen LogP contribution in [0.2, 0.25) is 0 Å². The Balaban J connectivity index is 0.000000320. The molecular formula is C18H22F3N7. The van der Waals surface area contributed by atoms with Crippen LogP contribution in [0.25, 0.3) is 22.3 Å². The first-order valence-electron chi connectivity index (χ1n) is 9.02. The standard InChI is InChI=1S/C13H11F3N6.C5H11N/c1-5-6(2)12(17)21-18-9(5)7-3-4-8(13(14,15)16)11-10(7)19-22-20-11;1-2-4-6-5-3-1/h3-4H,1-2H3,(H2,17,21)(H,19,20,22);6H,1-5H2. The summed E-state index contributed by atoms with van der Waals surface area (Å²) in [6, 6.07) is 2.29. The van der Waals surface area contributed by atoms with Gasteiger partial charge in [-0.1, -0.05) is 6.42 Å². The number of anilines is 1. The number of benzene rings is 1. The molecule has 7 nitrogen and oxygen atoms in total. The van der Waals surface area contributed by atoms with E-state index in [9.17, 15) is 13.2 Å². The van der Waals surface area contributed by atoms with Crippen LogP contribution in [0.5, 0.6) is 0 Å². The summed E-state index contributed by atoms with van der Waals surface area (Å²) in [5.74, 6) is 0.282. The maximum absolute atomic E-state index is 13.0. The molecule has 0 bridgehead atoms. The third-order valence-electron chi connectivity index (χ3n) is 4.80. The summed E-state index contributed by atoms with van der Waals surface area (Å²) in [5, 5.41) is 20.8. The Morgan fingerprint density at radius 3 is 2.18 bits per heavy atom. The van der Waals surface area contributed by atoms with Gasteiger partial charge in [0, 0.05) is 5.56 Å². The first-order valence-corrected chi connectivity index (χ1v) is 9.02. The lowest BCUT2D eigenvalue weighted by molar-refractivity contribution is -0.136. The number of fused-ring (bicyclic) bond motifs is 1. The average Bonchev–Trinajstić information content (AvgIpc) is 3.17. The van der Waals surface area contributed by atoms with Crippen LogP contribution in [0, 0.1) is 13.8 Å². The summed E-state index contributed by atoms with van der Waals surface area (Å²) in [4.78, 5) is 0. The number of aromatic nitrogens is 5. The largest absolute Gasteiger partial charge is 0.418 e. The molecular weight excluding hydrogens is 371 g/mol. The van der Waals surface area contributed by atoms with Crippen LogP contribution in [-0.4, -0.2) is 38.7 Å². The fraction of sp³-hybridized carbons (Fsp3) is 0.444. The fourth-order valence-electron chi connectivity index (χ4n) is 3.03. The van der Waals surface area contributed by atoms with E-state index >= 15 is 0 Å². The molecule has 1 fully saturated rings. The number of H-pyrrole nitrogens is 1. The fourth-order valence-corrected chi connectivity index (χ4v) is 3.03. The number of alkyl halides is 3. The molecule has 1 aliphatic heterocycles. The molecule has 3 aromatic rings. The molecule has 0 atom stereocenters. The van der Waals surface area contributed by atoms with E-state index in [1.54, 1.807) is 13.8 Å². The zero-order chi connectivity index (χ0) is 20.3. The number of piperidine rings is 1. The van der Waals surface area contributed by atoms with Gasteiger partial charge < -0.3 is 11.1 Å². The van der Waals surface area contributed by atoms with Gasteiger partial charge in [0.2, 0.25) is 0 Å². The third-order valence-corrected chi connectivity index (χ3v) is 4.80. The molecule has 0 aliphatic carbocycles.